The summed E-state index contributed by atoms with van der Waals surface area (Å²) in [5.41, 5.74) is 1.00. The molecule has 1 aliphatic rings. The normalized spacial score (nSPS) is 17.0. The minimum atomic E-state index is -3.56. The molecule has 7 nitrogen and oxygen atoms in total. The van der Waals surface area contributed by atoms with Crippen LogP contribution in [0.1, 0.15) is 52.5 Å². The predicted molar refractivity (Wildman–Crippen MR) is 122 cm³/mol. The van der Waals surface area contributed by atoms with Crippen molar-refractivity contribution < 1.29 is 18.0 Å². The van der Waals surface area contributed by atoms with E-state index in [1.54, 1.807) is 24.3 Å². The quantitative estimate of drug-likeness (QED) is 0.603. The highest BCUT2D eigenvalue weighted by molar-refractivity contribution is 7.89. The Morgan fingerprint density at radius 1 is 1.06 bits per heavy atom. The number of hydrogen-bond donors (Lipinski definition) is 2. The van der Waals surface area contributed by atoms with Gasteiger partial charge in [-0.25, -0.2) is 8.42 Å². The number of carbonyl (C=O) groups excluding carboxylic acids is 2. The smallest absolute Gasteiger partial charge is 0.243 e. The highest BCUT2D eigenvalue weighted by atomic mass is 32.2. The van der Waals surface area contributed by atoms with Gasteiger partial charge in [-0.15, -0.1) is 0 Å². The van der Waals surface area contributed by atoms with Gasteiger partial charge in [0.05, 0.1) is 4.90 Å². The summed E-state index contributed by atoms with van der Waals surface area (Å²) in [5.74, 6) is -0.179. The molecule has 1 heterocycles. The van der Waals surface area contributed by atoms with E-state index in [0.29, 0.717) is 38.4 Å². The van der Waals surface area contributed by atoms with Crippen LogP contribution in [0.3, 0.4) is 0 Å². The molecule has 1 aliphatic heterocycles. The SMILES string of the molecule is Cc1ccc(S(=O)(=O)N2CCC(C(=O)N[C@@H](C(=O)NCCC(C)C)C(C)C)CC2)cc1. The van der Waals surface area contributed by atoms with Crippen molar-refractivity contribution >= 4 is 21.8 Å². The topological polar surface area (TPSA) is 95.6 Å². The zero-order valence-corrected chi connectivity index (χ0v) is 20.2. The van der Waals surface area contributed by atoms with Gasteiger partial charge in [-0.2, -0.15) is 4.31 Å². The standard InChI is InChI=1S/C23H37N3O4S/c1-16(2)10-13-24-23(28)21(17(3)4)25-22(27)19-11-14-26(15-12-19)31(29,30)20-8-6-18(5)7-9-20/h6-9,16-17,19,21H,10-15H2,1-5H3,(H,24,28)(H,25,27)/t21-/m1/s1. The van der Waals surface area contributed by atoms with Crippen LogP contribution in [0.5, 0.6) is 0 Å². The summed E-state index contributed by atoms with van der Waals surface area (Å²) in [5, 5.41) is 5.81. The lowest BCUT2D eigenvalue weighted by Crippen LogP contribution is -2.52. The molecule has 2 N–H and O–H groups in total. The summed E-state index contributed by atoms with van der Waals surface area (Å²) in [6.45, 7) is 11.1. The third-order valence-corrected chi connectivity index (χ3v) is 7.66. The van der Waals surface area contributed by atoms with Crippen molar-refractivity contribution in [2.24, 2.45) is 17.8 Å². The summed E-state index contributed by atoms with van der Waals surface area (Å²) >= 11 is 0. The lowest BCUT2D eigenvalue weighted by atomic mass is 9.95. The summed E-state index contributed by atoms with van der Waals surface area (Å²) in [6, 6.07) is 6.22. The Bertz CT molecular complexity index is 842. The molecule has 2 rings (SSSR count). The molecule has 174 valence electrons. The molecule has 0 aliphatic carbocycles. The zero-order chi connectivity index (χ0) is 23.2. The van der Waals surface area contributed by atoms with Crippen LogP contribution in [0.2, 0.25) is 0 Å². The van der Waals surface area contributed by atoms with Crippen LogP contribution in [0, 0.1) is 24.7 Å². The maximum absolute atomic E-state index is 12.9. The van der Waals surface area contributed by atoms with E-state index in [9.17, 15) is 18.0 Å². The Labute approximate surface area is 187 Å². The average Bonchev–Trinajstić information content (AvgIpc) is 2.71. The van der Waals surface area contributed by atoms with Crippen molar-refractivity contribution in [1.82, 2.24) is 14.9 Å². The first kappa shape index (κ1) is 25.3. The molecule has 0 radical (unpaired) electrons. The number of piperidine rings is 1. The fraction of sp³-hybridized carbons (Fsp3) is 0.652. The fourth-order valence-corrected chi connectivity index (χ4v) is 5.09. The second-order valence-electron chi connectivity index (χ2n) is 9.20. The Balaban J connectivity index is 1.92. The summed E-state index contributed by atoms with van der Waals surface area (Å²) in [4.78, 5) is 25.6. The molecule has 0 aromatic heterocycles. The van der Waals surface area contributed by atoms with Crippen LogP contribution >= 0.6 is 0 Å². The summed E-state index contributed by atoms with van der Waals surface area (Å²) in [6.07, 6.45) is 1.77. The molecule has 0 saturated carbocycles. The van der Waals surface area contributed by atoms with Crippen LogP contribution in [0.15, 0.2) is 29.2 Å². The molecular formula is C23H37N3O4S. The number of sulfonamides is 1. The monoisotopic (exact) mass is 451 g/mol. The van der Waals surface area contributed by atoms with Gasteiger partial charge < -0.3 is 10.6 Å². The minimum Gasteiger partial charge on any atom is -0.354 e. The predicted octanol–water partition coefficient (Wildman–Crippen LogP) is 2.70. The second kappa shape index (κ2) is 11.1. The molecule has 1 atom stereocenters. The van der Waals surface area contributed by atoms with E-state index in [2.05, 4.69) is 24.5 Å². The maximum Gasteiger partial charge on any atom is 0.243 e. The first-order valence-corrected chi connectivity index (χ1v) is 12.6. The van der Waals surface area contributed by atoms with Crippen LogP contribution in [0.4, 0.5) is 0 Å². The highest BCUT2D eigenvalue weighted by Gasteiger charge is 2.34. The van der Waals surface area contributed by atoms with Gasteiger partial charge in [-0.3, -0.25) is 9.59 Å². The van der Waals surface area contributed by atoms with Crippen LogP contribution in [-0.4, -0.2) is 50.2 Å². The van der Waals surface area contributed by atoms with Gasteiger partial charge in [-0.05, 0) is 50.2 Å². The molecule has 1 aromatic rings. The van der Waals surface area contributed by atoms with Crippen LogP contribution < -0.4 is 10.6 Å². The molecule has 0 bridgehead atoms. The number of benzene rings is 1. The number of rotatable bonds is 9. The number of nitrogens with one attached hydrogen (secondary N) is 2. The Morgan fingerprint density at radius 3 is 2.16 bits per heavy atom. The van der Waals surface area contributed by atoms with Gasteiger partial charge in [0.25, 0.3) is 0 Å². The third-order valence-electron chi connectivity index (χ3n) is 5.75. The van der Waals surface area contributed by atoms with E-state index in [-0.39, 0.29) is 28.5 Å². The number of aryl methyl sites for hydroxylation is 1. The first-order chi connectivity index (χ1) is 14.5. The number of amides is 2. The molecule has 31 heavy (non-hydrogen) atoms. The molecule has 1 saturated heterocycles. The largest absolute Gasteiger partial charge is 0.354 e. The van der Waals surface area contributed by atoms with Gasteiger partial charge in [0.1, 0.15) is 6.04 Å². The minimum absolute atomic E-state index is 0.0370. The average molecular weight is 452 g/mol. The van der Waals surface area contributed by atoms with Gasteiger partial charge in [0, 0.05) is 25.6 Å². The zero-order valence-electron chi connectivity index (χ0n) is 19.3. The van der Waals surface area contributed by atoms with E-state index in [4.69, 9.17) is 0 Å². The summed E-state index contributed by atoms with van der Waals surface area (Å²) in [7, 11) is -3.56. The number of nitrogens with zero attached hydrogens (tertiary/aromatic N) is 1. The van der Waals surface area contributed by atoms with Crippen molar-refractivity contribution in [3.05, 3.63) is 29.8 Å². The van der Waals surface area contributed by atoms with E-state index >= 15 is 0 Å². The molecule has 1 fully saturated rings. The van der Waals surface area contributed by atoms with Crippen LogP contribution in [0.25, 0.3) is 0 Å². The molecule has 8 heteroatoms. The number of carbonyl (C=O) groups is 2. The van der Waals surface area contributed by atoms with E-state index in [1.807, 2.05) is 20.8 Å². The molecular weight excluding hydrogens is 414 g/mol. The van der Waals surface area contributed by atoms with E-state index < -0.39 is 16.1 Å². The summed E-state index contributed by atoms with van der Waals surface area (Å²) < 4.78 is 27.1. The third kappa shape index (κ3) is 7.04. The van der Waals surface area contributed by atoms with Crippen molar-refractivity contribution in [2.45, 2.75) is 64.8 Å². The molecule has 2 amide bonds. The lowest BCUT2D eigenvalue weighted by Gasteiger charge is -2.32. The molecule has 1 aromatic carbocycles. The molecule has 0 unspecified atom stereocenters. The first-order valence-electron chi connectivity index (χ1n) is 11.2. The van der Waals surface area contributed by atoms with Gasteiger partial charge >= 0.3 is 0 Å². The van der Waals surface area contributed by atoms with E-state index in [1.165, 1.54) is 4.31 Å². The Kier molecular flexibility index (Phi) is 9.06. The second-order valence-corrected chi connectivity index (χ2v) is 11.1. The van der Waals surface area contributed by atoms with Crippen LogP contribution in [-0.2, 0) is 19.6 Å². The lowest BCUT2D eigenvalue weighted by molar-refractivity contribution is -0.132. The number of hydrogen-bond acceptors (Lipinski definition) is 4. The van der Waals surface area contributed by atoms with Crippen molar-refractivity contribution in [3.63, 3.8) is 0 Å². The van der Waals surface area contributed by atoms with Crippen molar-refractivity contribution in [3.8, 4) is 0 Å². The van der Waals surface area contributed by atoms with Gasteiger partial charge in [0.2, 0.25) is 21.8 Å². The fourth-order valence-electron chi connectivity index (χ4n) is 3.62. The van der Waals surface area contributed by atoms with Gasteiger partial charge in [0.15, 0.2) is 0 Å². The van der Waals surface area contributed by atoms with Crippen molar-refractivity contribution in [2.75, 3.05) is 19.6 Å². The highest BCUT2D eigenvalue weighted by Crippen LogP contribution is 2.24. The van der Waals surface area contributed by atoms with E-state index in [0.717, 1.165) is 12.0 Å². The maximum atomic E-state index is 12.9. The van der Waals surface area contributed by atoms with Crippen molar-refractivity contribution in [1.29, 1.82) is 0 Å². The molecule has 0 spiro atoms. The van der Waals surface area contributed by atoms with Gasteiger partial charge in [-0.1, -0.05) is 45.4 Å². The Hall–Kier alpha value is -1.93. The Morgan fingerprint density at radius 2 is 1.65 bits per heavy atom.